The van der Waals surface area contributed by atoms with Gasteiger partial charge in [0.1, 0.15) is 5.75 Å². The Balaban J connectivity index is 1.38. The smallest absolute Gasteiger partial charge is 0.273 e. The quantitative estimate of drug-likeness (QED) is 0.180. The van der Waals surface area contributed by atoms with E-state index in [-0.39, 0.29) is 5.91 Å². The van der Waals surface area contributed by atoms with E-state index >= 15 is 0 Å². The van der Waals surface area contributed by atoms with Gasteiger partial charge in [-0.15, -0.1) is 0 Å². The molecule has 0 heterocycles. The largest absolute Gasteiger partial charge is 0.497 e. The average Bonchev–Trinajstić information content (AvgIpc) is 2.93. The Kier molecular flexibility index (Phi) is 6.40. The van der Waals surface area contributed by atoms with Gasteiger partial charge in [0.2, 0.25) is 0 Å². The van der Waals surface area contributed by atoms with E-state index in [2.05, 4.69) is 34.0 Å². The number of benzene rings is 5. The summed E-state index contributed by atoms with van der Waals surface area (Å²) in [5, 5.41) is 11.3. The fourth-order valence-electron chi connectivity index (χ4n) is 4.13. The van der Waals surface area contributed by atoms with E-state index in [0.717, 1.165) is 27.1 Å². The second kappa shape index (κ2) is 10.1. The minimum Gasteiger partial charge on any atom is -0.497 e. The molecule has 36 heavy (non-hydrogen) atoms. The van der Waals surface area contributed by atoms with Crippen molar-refractivity contribution in [3.8, 4) is 5.75 Å². The predicted octanol–water partition coefficient (Wildman–Crippen LogP) is 6.02. The van der Waals surface area contributed by atoms with Crippen LogP contribution in [0.25, 0.3) is 21.5 Å². The van der Waals surface area contributed by atoms with E-state index in [9.17, 15) is 9.59 Å². The number of hydrogen-bond donors (Lipinski definition) is 2. The Morgan fingerprint density at radius 3 is 2.03 bits per heavy atom. The fraction of sp³-hybridized carbons (Fsp3) is 0.0333. The Morgan fingerprint density at radius 2 is 1.36 bits per heavy atom. The van der Waals surface area contributed by atoms with Crippen LogP contribution in [0.3, 0.4) is 0 Å². The molecule has 0 aromatic heterocycles. The molecular weight excluding hydrogens is 450 g/mol. The number of amides is 2. The zero-order valence-corrected chi connectivity index (χ0v) is 19.6. The molecule has 0 aliphatic rings. The fourth-order valence-corrected chi connectivity index (χ4v) is 4.13. The third kappa shape index (κ3) is 4.65. The summed E-state index contributed by atoms with van der Waals surface area (Å²) in [7, 11) is 1.56. The Labute approximate surface area is 208 Å². The van der Waals surface area contributed by atoms with Crippen LogP contribution >= 0.6 is 0 Å². The van der Waals surface area contributed by atoms with Crippen LogP contribution in [-0.4, -0.2) is 25.1 Å². The van der Waals surface area contributed by atoms with E-state index in [1.165, 1.54) is 0 Å². The van der Waals surface area contributed by atoms with Gasteiger partial charge in [-0.25, -0.2) is 5.43 Å². The monoisotopic (exact) mass is 473 g/mol. The van der Waals surface area contributed by atoms with Gasteiger partial charge in [-0.2, -0.15) is 5.10 Å². The van der Waals surface area contributed by atoms with Crippen LogP contribution in [0.1, 0.15) is 26.3 Å². The van der Waals surface area contributed by atoms with Crippen molar-refractivity contribution in [3.63, 3.8) is 0 Å². The summed E-state index contributed by atoms with van der Waals surface area (Å²) in [6.45, 7) is 0. The first-order chi connectivity index (χ1) is 17.6. The maximum atomic E-state index is 13.0. The predicted molar refractivity (Wildman–Crippen MR) is 144 cm³/mol. The highest BCUT2D eigenvalue weighted by molar-refractivity contribution is 6.14. The Bertz CT molecular complexity index is 1550. The second-order valence-corrected chi connectivity index (χ2v) is 8.16. The van der Waals surface area contributed by atoms with E-state index in [1.807, 2.05) is 36.4 Å². The summed E-state index contributed by atoms with van der Waals surface area (Å²) in [5.74, 6) is -0.104. The molecule has 0 radical (unpaired) electrons. The first-order valence-electron chi connectivity index (χ1n) is 11.4. The molecule has 2 amide bonds. The highest BCUT2D eigenvalue weighted by Gasteiger charge is 2.14. The molecule has 176 valence electrons. The summed E-state index contributed by atoms with van der Waals surface area (Å²) < 4.78 is 5.14. The molecular formula is C30H23N3O3. The van der Waals surface area contributed by atoms with Gasteiger partial charge in [0.05, 0.1) is 24.6 Å². The van der Waals surface area contributed by atoms with Crippen molar-refractivity contribution in [1.29, 1.82) is 0 Å². The van der Waals surface area contributed by atoms with Crippen LogP contribution in [0.15, 0.2) is 108 Å². The number of methoxy groups -OCH3 is 1. The van der Waals surface area contributed by atoms with E-state index in [0.29, 0.717) is 22.6 Å². The first kappa shape index (κ1) is 22.8. The zero-order chi connectivity index (χ0) is 24.9. The maximum absolute atomic E-state index is 13.0. The molecule has 5 rings (SSSR count). The Morgan fingerprint density at radius 1 is 0.750 bits per heavy atom. The number of para-hydroxylation sites is 1. The topological polar surface area (TPSA) is 79.8 Å². The van der Waals surface area contributed by atoms with Crippen LogP contribution in [0, 0.1) is 0 Å². The molecule has 0 saturated heterocycles. The molecule has 0 aliphatic heterocycles. The lowest BCUT2D eigenvalue weighted by atomic mass is 9.97. The molecule has 0 atom stereocenters. The summed E-state index contributed by atoms with van der Waals surface area (Å²) in [6.07, 6.45) is 1.67. The third-order valence-corrected chi connectivity index (χ3v) is 5.94. The highest BCUT2D eigenvalue weighted by atomic mass is 16.5. The van der Waals surface area contributed by atoms with E-state index in [1.54, 1.807) is 61.9 Å². The molecule has 0 spiro atoms. The van der Waals surface area contributed by atoms with Gasteiger partial charge >= 0.3 is 0 Å². The van der Waals surface area contributed by atoms with Gasteiger partial charge in [-0.1, -0.05) is 60.7 Å². The summed E-state index contributed by atoms with van der Waals surface area (Å²) in [4.78, 5) is 25.7. The number of carbonyl (C=O) groups excluding carboxylic acids is 2. The summed E-state index contributed by atoms with van der Waals surface area (Å²) >= 11 is 0. The number of nitrogens with one attached hydrogen (secondary N) is 2. The molecule has 5 aromatic carbocycles. The van der Waals surface area contributed by atoms with Gasteiger partial charge in [-0.05, 0) is 64.0 Å². The van der Waals surface area contributed by atoms with Gasteiger partial charge < -0.3 is 10.1 Å². The lowest BCUT2D eigenvalue weighted by Gasteiger charge is -2.11. The summed E-state index contributed by atoms with van der Waals surface area (Å²) in [6, 6.07) is 31.8. The van der Waals surface area contributed by atoms with Gasteiger partial charge in [0.25, 0.3) is 11.8 Å². The zero-order valence-electron chi connectivity index (χ0n) is 19.6. The number of rotatable bonds is 6. The van der Waals surface area contributed by atoms with Crippen molar-refractivity contribution in [3.05, 3.63) is 120 Å². The number of ether oxygens (including phenoxy) is 1. The van der Waals surface area contributed by atoms with E-state index in [4.69, 9.17) is 4.74 Å². The number of hydrazone groups is 1. The van der Waals surface area contributed by atoms with Gasteiger partial charge in [0.15, 0.2) is 0 Å². The molecule has 6 nitrogen and oxygen atoms in total. The van der Waals surface area contributed by atoms with Crippen molar-refractivity contribution in [2.75, 3.05) is 12.4 Å². The second-order valence-electron chi connectivity index (χ2n) is 8.16. The van der Waals surface area contributed by atoms with Crippen LogP contribution in [0.4, 0.5) is 5.69 Å². The molecule has 0 unspecified atom stereocenters. The molecule has 0 bridgehead atoms. The maximum Gasteiger partial charge on any atom is 0.273 e. The highest BCUT2D eigenvalue weighted by Crippen LogP contribution is 2.27. The minimum atomic E-state index is -0.429. The van der Waals surface area contributed by atoms with Crippen LogP contribution in [-0.2, 0) is 0 Å². The molecule has 0 fully saturated rings. The van der Waals surface area contributed by atoms with Crippen molar-refractivity contribution in [1.82, 2.24) is 5.43 Å². The molecule has 6 heteroatoms. The normalized spacial score (nSPS) is 11.0. The molecule has 2 N–H and O–H groups in total. The Hall–Kier alpha value is -4.97. The molecule has 0 aliphatic carbocycles. The SMILES string of the molecule is COc1ccc(C(=O)Nc2ccccc2C(=O)N/N=C\c2c3ccccc3cc3ccccc23)cc1. The minimum absolute atomic E-state index is 0.305. The molecule has 5 aromatic rings. The number of hydrogen-bond acceptors (Lipinski definition) is 4. The number of carbonyl (C=O) groups is 2. The van der Waals surface area contributed by atoms with Crippen molar-refractivity contribution < 1.29 is 14.3 Å². The van der Waals surface area contributed by atoms with E-state index < -0.39 is 5.91 Å². The van der Waals surface area contributed by atoms with Crippen LogP contribution in [0.5, 0.6) is 5.75 Å². The van der Waals surface area contributed by atoms with Crippen molar-refractivity contribution >= 4 is 45.3 Å². The number of nitrogens with zero attached hydrogens (tertiary/aromatic N) is 1. The summed E-state index contributed by atoms with van der Waals surface area (Å²) in [5.41, 5.74) is 4.68. The number of anilines is 1. The first-order valence-corrected chi connectivity index (χ1v) is 11.4. The average molecular weight is 474 g/mol. The van der Waals surface area contributed by atoms with Gasteiger partial charge in [-0.3, -0.25) is 9.59 Å². The van der Waals surface area contributed by atoms with Crippen molar-refractivity contribution in [2.45, 2.75) is 0 Å². The van der Waals surface area contributed by atoms with Crippen molar-refractivity contribution in [2.24, 2.45) is 5.10 Å². The third-order valence-electron chi connectivity index (χ3n) is 5.94. The lowest BCUT2D eigenvalue weighted by Crippen LogP contribution is -2.21. The van der Waals surface area contributed by atoms with Crippen LogP contribution in [0.2, 0.25) is 0 Å². The number of fused-ring (bicyclic) bond motifs is 2. The molecule has 0 saturated carbocycles. The lowest BCUT2D eigenvalue weighted by molar-refractivity contribution is 0.0956. The van der Waals surface area contributed by atoms with Crippen LogP contribution < -0.4 is 15.5 Å². The standard InChI is InChI=1S/C30H23N3O3/c1-36-23-16-14-20(15-17-23)29(34)32-28-13-7-6-12-26(28)30(35)33-31-19-27-24-10-4-2-8-21(24)18-22-9-3-5-11-25(22)27/h2-19H,1H3,(H,32,34)(H,33,35)/b31-19-. The van der Waals surface area contributed by atoms with Gasteiger partial charge in [0, 0.05) is 11.1 Å².